The minimum absolute atomic E-state index is 0.116. The van der Waals surface area contributed by atoms with Crippen molar-refractivity contribution in [3.05, 3.63) is 22.2 Å². The molecule has 0 saturated carbocycles. The van der Waals surface area contributed by atoms with E-state index in [-0.39, 0.29) is 5.91 Å². The Labute approximate surface area is 141 Å². The summed E-state index contributed by atoms with van der Waals surface area (Å²) in [6.45, 7) is 10.1. The van der Waals surface area contributed by atoms with Gasteiger partial charge in [0.25, 0.3) is 5.91 Å². The second kappa shape index (κ2) is 9.69. The zero-order valence-electron chi connectivity index (χ0n) is 13.7. The molecule has 0 aliphatic heterocycles. The molecule has 0 atom stereocenters. The molecule has 1 N–H and O–H groups in total. The van der Waals surface area contributed by atoms with Gasteiger partial charge in [0.2, 0.25) is 0 Å². The molecule has 0 bridgehead atoms. The molecule has 0 fully saturated rings. The highest BCUT2D eigenvalue weighted by atomic mass is 79.9. The third kappa shape index (κ3) is 5.18. The fraction of sp³-hybridized carbons (Fsp3) is 0.562. The standard InChI is InChI=1S/C16H25BrN2O3/c1-5-19(6-2)9-8-18-16(20)12-10-13(17)15(22-7-3)14(11-12)21-4/h10-11H,5-9H2,1-4H3,(H,18,20). The van der Waals surface area contributed by atoms with Gasteiger partial charge in [-0.25, -0.2) is 0 Å². The van der Waals surface area contributed by atoms with Gasteiger partial charge in [-0.15, -0.1) is 0 Å². The van der Waals surface area contributed by atoms with E-state index in [1.54, 1.807) is 19.2 Å². The quantitative estimate of drug-likeness (QED) is 0.723. The highest BCUT2D eigenvalue weighted by molar-refractivity contribution is 9.10. The molecule has 124 valence electrons. The molecule has 0 aliphatic carbocycles. The van der Waals surface area contributed by atoms with E-state index in [0.29, 0.717) is 34.7 Å². The number of methoxy groups -OCH3 is 1. The van der Waals surface area contributed by atoms with E-state index in [2.05, 4.69) is 40.0 Å². The Balaban J connectivity index is 2.75. The SMILES string of the molecule is CCOc1c(Br)cc(C(=O)NCCN(CC)CC)cc1OC. The van der Waals surface area contributed by atoms with Crippen molar-refractivity contribution in [3.63, 3.8) is 0 Å². The fourth-order valence-corrected chi connectivity index (χ4v) is 2.66. The van der Waals surface area contributed by atoms with Crippen LogP contribution in [0.1, 0.15) is 31.1 Å². The maximum Gasteiger partial charge on any atom is 0.251 e. The Morgan fingerprint density at radius 1 is 1.27 bits per heavy atom. The van der Waals surface area contributed by atoms with E-state index in [4.69, 9.17) is 9.47 Å². The summed E-state index contributed by atoms with van der Waals surface area (Å²) >= 11 is 3.43. The molecule has 0 spiro atoms. The zero-order chi connectivity index (χ0) is 16.5. The third-order valence-electron chi connectivity index (χ3n) is 3.39. The summed E-state index contributed by atoms with van der Waals surface area (Å²) in [6, 6.07) is 3.45. The molecule has 0 heterocycles. The minimum atomic E-state index is -0.116. The largest absolute Gasteiger partial charge is 0.493 e. The van der Waals surface area contributed by atoms with Crippen LogP contribution >= 0.6 is 15.9 Å². The first kappa shape index (κ1) is 18.8. The van der Waals surface area contributed by atoms with Crippen molar-refractivity contribution in [1.82, 2.24) is 10.2 Å². The number of carbonyl (C=O) groups excluding carboxylic acids is 1. The van der Waals surface area contributed by atoms with Gasteiger partial charge in [0.15, 0.2) is 11.5 Å². The topological polar surface area (TPSA) is 50.8 Å². The Morgan fingerprint density at radius 2 is 1.95 bits per heavy atom. The second-order valence-electron chi connectivity index (χ2n) is 4.71. The lowest BCUT2D eigenvalue weighted by atomic mass is 10.2. The van der Waals surface area contributed by atoms with E-state index >= 15 is 0 Å². The summed E-state index contributed by atoms with van der Waals surface area (Å²) in [5, 5.41) is 2.93. The van der Waals surface area contributed by atoms with Crippen LogP contribution in [0.15, 0.2) is 16.6 Å². The summed E-state index contributed by atoms with van der Waals surface area (Å²) in [5.74, 6) is 1.05. The molecule has 6 heteroatoms. The van der Waals surface area contributed by atoms with Crippen molar-refractivity contribution in [2.24, 2.45) is 0 Å². The van der Waals surface area contributed by atoms with Crippen molar-refractivity contribution in [1.29, 1.82) is 0 Å². The first-order chi connectivity index (χ1) is 10.6. The van der Waals surface area contributed by atoms with Crippen LogP contribution in [0.2, 0.25) is 0 Å². The number of hydrogen-bond donors (Lipinski definition) is 1. The Kier molecular flexibility index (Phi) is 8.27. The van der Waals surface area contributed by atoms with Gasteiger partial charge in [-0.2, -0.15) is 0 Å². The first-order valence-corrected chi connectivity index (χ1v) is 8.37. The molecule has 22 heavy (non-hydrogen) atoms. The molecule has 5 nitrogen and oxygen atoms in total. The van der Waals surface area contributed by atoms with Crippen LogP contribution < -0.4 is 14.8 Å². The Bertz CT molecular complexity index is 491. The van der Waals surface area contributed by atoms with Crippen molar-refractivity contribution in [2.75, 3.05) is 39.9 Å². The van der Waals surface area contributed by atoms with Crippen LogP contribution in [-0.4, -0.2) is 50.7 Å². The predicted molar refractivity (Wildman–Crippen MR) is 92.0 cm³/mol. The number of carbonyl (C=O) groups is 1. The van der Waals surface area contributed by atoms with Gasteiger partial charge >= 0.3 is 0 Å². The van der Waals surface area contributed by atoms with Crippen molar-refractivity contribution in [2.45, 2.75) is 20.8 Å². The van der Waals surface area contributed by atoms with Gasteiger partial charge in [0.1, 0.15) is 0 Å². The maximum absolute atomic E-state index is 12.2. The van der Waals surface area contributed by atoms with Crippen LogP contribution in [0.3, 0.4) is 0 Å². The molecule has 1 amide bonds. The molecule has 0 radical (unpaired) electrons. The summed E-state index contributed by atoms with van der Waals surface area (Å²) in [5.41, 5.74) is 0.548. The van der Waals surface area contributed by atoms with Crippen molar-refractivity contribution in [3.8, 4) is 11.5 Å². The van der Waals surface area contributed by atoms with E-state index < -0.39 is 0 Å². The second-order valence-corrected chi connectivity index (χ2v) is 5.56. The summed E-state index contributed by atoms with van der Waals surface area (Å²) in [7, 11) is 1.56. The van der Waals surface area contributed by atoms with Crippen LogP contribution in [0, 0.1) is 0 Å². The highest BCUT2D eigenvalue weighted by Crippen LogP contribution is 2.36. The number of nitrogens with zero attached hydrogens (tertiary/aromatic N) is 1. The zero-order valence-corrected chi connectivity index (χ0v) is 15.3. The monoisotopic (exact) mass is 372 g/mol. The van der Waals surface area contributed by atoms with Crippen LogP contribution in [0.25, 0.3) is 0 Å². The number of benzene rings is 1. The molecule has 0 aromatic heterocycles. The van der Waals surface area contributed by atoms with Crippen LogP contribution in [-0.2, 0) is 0 Å². The van der Waals surface area contributed by atoms with Gasteiger partial charge in [-0.1, -0.05) is 13.8 Å². The van der Waals surface area contributed by atoms with E-state index in [0.717, 1.165) is 19.6 Å². The fourth-order valence-electron chi connectivity index (χ4n) is 2.10. The number of hydrogen-bond acceptors (Lipinski definition) is 4. The lowest BCUT2D eigenvalue weighted by Crippen LogP contribution is -2.34. The number of nitrogens with one attached hydrogen (secondary N) is 1. The van der Waals surface area contributed by atoms with E-state index in [1.165, 1.54) is 0 Å². The molecule has 0 saturated heterocycles. The number of halogens is 1. The molecule has 0 aliphatic rings. The molecule has 0 unspecified atom stereocenters. The van der Waals surface area contributed by atoms with Crippen LogP contribution in [0.5, 0.6) is 11.5 Å². The molecule has 1 rings (SSSR count). The van der Waals surface area contributed by atoms with Crippen LogP contribution in [0.4, 0.5) is 0 Å². The average Bonchev–Trinajstić information content (AvgIpc) is 2.53. The Morgan fingerprint density at radius 3 is 2.50 bits per heavy atom. The smallest absolute Gasteiger partial charge is 0.251 e. The van der Waals surface area contributed by atoms with E-state index in [9.17, 15) is 4.79 Å². The molecular weight excluding hydrogens is 348 g/mol. The van der Waals surface area contributed by atoms with Crippen molar-refractivity contribution >= 4 is 21.8 Å². The summed E-state index contributed by atoms with van der Waals surface area (Å²) in [4.78, 5) is 14.5. The number of rotatable bonds is 9. The lowest BCUT2D eigenvalue weighted by molar-refractivity contribution is 0.0948. The van der Waals surface area contributed by atoms with Gasteiger partial charge in [-0.3, -0.25) is 4.79 Å². The normalized spacial score (nSPS) is 10.6. The number of ether oxygens (including phenoxy) is 2. The summed E-state index contributed by atoms with van der Waals surface area (Å²) < 4.78 is 11.5. The van der Waals surface area contributed by atoms with E-state index in [1.807, 2.05) is 6.92 Å². The van der Waals surface area contributed by atoms with Crippen molar-refractivity contribution < 1.29 is 14.3 Å². The van der Waals surface area contributed by atoms with Gasteiger partial charge in [-0.05, 0) is 48.1 Å². The Hall–Kier alpha value is -1.27. The number of likely N-dealkylation sites (N-methyl/N-ethyl adjacent to an activating group) is 1. The maximum atomic E-state index is 12.2. The van der Waals surface area contributed by atoms with Gasteiger partial charge < -0.3 is 19.7 Å². The lowest BCUT2D eigenvalue weighted by Gasteiger charge is -2.18. The van der Waals surface area contributed by atoms with Gasteiger partial charge in [0.05, 0.1) is 18.2 Å². The van der Waals surface area contributed by atoms with Gasteiger partial charge in [0, 0.05) is 18.7 Å². The molecule has 1 aromatic rings. The number of amides is 1. The summed E-state index contributed by atoms with van der Waals surface area (Å²) in [6.07, 6.45) is 0. The molecular formula is C16H25BrN2O3. The predicted octanol–water partition coefficient (Wildman–Crippen LogP) is 2.93. The first-order valence-electron chi connectivity index (χ1n) is 7.58. The minimum Gasteiger partial charge on any atom is -0.493 e. The average molecular weight is 373 g/mol. The third-order valence-corrected chi connectivity index (χ3v) is 3.98. The molecule has 1 aromatic carbocycles. The highest BCUT2D eigenvalue weighted by Gasteiger charge is 2.15.